The van der Waals surface area contributed by atoms with E-state index in [4.69, 9.17) is 9.29 Å². The molecule has 0 spiro atoms. The molecule has 150 valence electrons. The Morgan fingerprint density at radius 1 is 1.19 bits per heavy atom. The molecular weight excluding hydrogens is 376 g/mol. The standard InChI is InChI=1S/C18H24O8S/c1-12-6-5-9-14(19)8-4-2-3-7-13-10-15(26-27(22,23)24)11-16(20)17(13)18(21)25-12/h3,7,10-12,14,19-20H,2,4-6,8-9H2,1H3,(H,22,23,24)/t12-,14-/m0/s1. The molecule has 9 heteroatoms. The van der Waals surface area contributed by atoms with Crippen LogP contribution < -0.4 is 4.18 Å². The maximum absolute atomic E-state index is 12.5. The van der Waals surface area contributed by atoms with Gasteiger partial charge in [-0.15, -0.1) is 0 Å². The van der Waals surface area contributed by atoms with Gasteiger partial charge in [-0.25, -0.2) is 4.79 Å². The monoisotopic (exact) mass is 400 g/mol. The first-order valence-electron chi connectivity index (χ1n) is 8.75. The number of esters is 1. The molecule has 0 amide bonds. The van der Waals surface area contributed by atoms with E-state index in [1.54, 1.807) is 13.0 Å². The second kappa shape index (κ2) is 9.20. The number of phenolic OH excluding ortho intramolecular Hbond substituents is 1. The maximum atomic E-state index is 12.5. The molecule has 0 fully saturated rings. The van der Waals surface area contributed by atoms with Crippen LogP contribution >= 0.6 is 0 Å². The zero-order valence-electron chi connectivity index (χ0n) is 15.0. The van der Waals surface area contributed by atoms with Gasteiger partial charge in [-0.1, -0.05) is 12.2 Å². The zero-order chi connectivity index (χ0) is 20.0. The second-order valence-electron chi connectivity index (χ2n) is 6.55. The molecule has 1 aliphatic rings. The van der Waals surface area contributed by atoms with Gasteiger partial charge >= 0.3 is 16.4 Å². The topological polar surface area (TPSA) is 130 Å². The summed E-state index contributed by atoms with van der Waals surface area (Å²) < 4.78 is 40.4. The third kappa shape index (κ3) is 6.85. The van der Waals surface area contributed by atoms with Crippen LogP contribution in [0.15, 0.2) is 18.2 Å². The van der Waals surface area contributed by atoms with Gasteiger partial charge in [0.25, 0.3) is 0 Å². The number of carbonyl (C=O) groups excluding carboxylic acids is 1. The summed E-state index contributed by atoms with van der Waals surface area (Å²) in [6, 6.07) is 2.14. The van der Waals surface area contributed by atoms with Gasteiger partial charge in [0.15, 0.2) is 0 Å². The van der Waals surface area contributed by atoms with Gasteiger partial charge in [0.05, 0.1) is 12.2 Å². The van der Waals surface area contributed by atoms with Gasteiger partial charge in [0.2, 0.25) is 0 Å². The van der Waals surface area contributed by atoms with E-state index in [0.717, 1.165) is 12.5 Å². The highest BCUT2D eigenvalue weighted by Crippen LogP contribution is 2.31. The zero-order valence-corrected chi connectivity index (χ0v) is 15.8. The first kappa shape index (κ1) is 21.2. The number of rotatable bonds is 2. The Bertz CT molecular complexity index is 800. The molecule has 0 bridgehead atoms. The van der Waals surface area contributed by atoms with Gasteiger partial charge < -0.3 is 19.1 Å². The third-order valence-corrected chi connectivity index (χ3v) is 4.59. The van der Waals surface area contributed by atoms with E-state index in [0.29, 0.717) is 32.1 Å². The Morgan fingerprint density at radius 2 is 1.89 bits per heavy atom. The molecule has 3 N–H and O–H groups in total. The van der Waals surface area contributed by atoms with Crippen molar-refractivity contribution in [2.75, 3.05) is 0 Å². The predicted molar refractivity (Wildman–Crippen MR) is 97.9 cm³/mol. The minimum Gasteiger partial charge on any atom is -0.507 e. The summed E-state index contributed by atoms with van der Waals surface area (Å²) in [4.78, 5) is 12.5. The van der Waals surface area contributed by atoms with Crippen LogP contribution in [0.25, 0.3) is 6.08 Å². The number of benzene rings is 1. The van der Waals surface area contributed by atoms with E-state index in [1.165, 1.54) is 12.1 Å². The first-order chi connectivity index (χ1) is 12.7. The number of aliphatic hydroxyl groups excluding tert-OH is 1. The number of ether oxygens (including phenoxy) is 1. The number of cyclic esters (lactones) is 1. The van der Waals surface area contributed by atoms with Crippen molar-refractivity contribution in [2.24, 2.45) is 0 Å². The number of aliphatic hydroxyl groups is 1. The molecule has 2 atom stereocenters. The van der Waals surface area contributed by atoms with Crippen LogP contribution in [-0.2, 0) is 15.1 Å². The molecule has 0 aromatic heterocycles. The summed E-state index contributed by atoms with van der Waals surface area (Å²) in [7, 11) is -4.78. The first-order valence-corrected chi connectivity index (χ1v) is 10.1. The molecule has 1 aliphatic heterocycles. The van der Waals surface area contributed by atoms with Crippen molar-refractivity contribution in [3.8, 4) is 11.5 Å². The lowest BCUT2D eigenvalue weighted by Gasteiger charge is -2.17. The predicted octanol–water partition coefficient (Wildman–Crippen LogP) is 2.85. The summed E-state index contributed by atoms with van der Waals surface area (Å²) >= 11 is 0. The molecule has 0 unspecified atom stereocenters. The van der Waals surface area contributed by atoms with Crippen LogP contribution in [0.1, 0.15) is 61.4 Å². The Kier molecular flexibility index (Phi) is 7.23. The SMILES string of the molecule is C[C@H]1CCC[C@@H](O)CCCC=Cc2cc(OS(=O)(=O)O)cc(O)c2C(=O)O1. The van der Waals surface area contributed by atoms with Crippen LogP contribution in [0.5, 0.6) is 11.5 Å². The molecule has 0 radical (unpaired) electrons. The highest BCUT2D eigenvalue weighted by atomic mass is 32.3. The van der Waals surface area contributed by atoms with Crippen molar-refractivity contribution in [1.29, 1.82) is 0 Å². The van der Waals surface area contributed by atoms with Crippen molar-refractivity contribution in [1.82, 2.24) is 0 Å². The smallest absolute Gasteiger partial charge is 0.446 e. The molecule has 0 saturated carbocycles. The summed E-state index contributed by atoms with van der Waals surface area (Å²) in [6.45, 7) is 1.72. The van der Waals surface area contributed by atoms with Crippen molar-refractivity contribution in [2.45, 2.75) is 57.7 Å². The molecule has 1 aromatic rings. The largest absolute Gasteiger partial charge is 0.507 e. The number of aromatic hydroxyl groups is 1. The fourth-order valence-electron chi connectivity index (χ4n) is 2.91. The van der Waals surface area contributed by atoms with Gasteiger partial charge in [-0.2, -0.15) is 8.42 Å². The molecule has 1 aromatic carbocycles. The van der Waals surface area contributed by atoms with Crippen molar-refractivity contribution in [3.05, 3.63) is 29.3 Å². The Morgan fingerprint density at radius 3 is 2.59 bits per heavy atom. The highest BCUT2D eigenvalue weighted by molar-refractivity contribution is 7.81. The van der Waals surface area contributed by atoms with Crippen LogP contribution in [0.4, 0.5) is 0 Å². The van der Waals surface area contributed by atoms with Crippen molar-refractivity contribution in [3.63, 3.8) is 0 Å². The Labute approximate surface area is 158 Å². The van der Waals surface area contributed by atoms with E-state index in [2.05, 4.69) is 4.18 Å². The van der Waals surface area contributed by atoms with Gasteiger partial charge in [-0.3, -0.25) is 4.55 Å². The normalized spacial score (nSPS) is 22.4. The summed E-state index contributed by atoms with van der Waals surface area (Å²) in [5.41, 5.74) is 0.0846. The van der Waals surface area contributed by atoms with E-state index < -0.39 is 34.3 Å². The van der Waals surface area contributed by atoms with Crippen LogP contribution in [0.3, 0.4) is 0 Å². The van der Waals surface area contributed by atoms with Crippen LogP contribution in [0.2, 0.25) is 0 Å². The maximum Gasteiger partial charge on any atom is 0.446 e. The van der Waals surface area contributed by atoms with Gasteiger partial charge in [0, 0.05) is 6.07 Å². The lowest BCUT2D eigenvalue weighted by Crippen LogP contribution is -2.17. The summed E-state index contributed by atoms with van der Waals surface area (Å²) in [5.74, 6) is -1.61. The lowest BCUT2D eigenvalue weighted by atomic mass is 10.0. The minimum atomic E-state index is -4.78. The number of carbonyl (C=O) groups is 1. The van der Waals surface area contributed by atoms with Gasteiger partial charge in [-0.05, 0) is 57.1 Å². The quantitative estimate of drug-likeness (QED) is 0.510. The number of hydrogen-bond acceptors (Lipinski definition) is 7. The Balaban J connectivity index is 2.39. The van der Waals surface area contributed by atoms with Crippen molar-refractivity contribution < 1.29 is 36.9 Å². The molecule has 8 nitrogen and oxygen atoms in total. The summed E-state index contributed by atoms with van der Waals surface area (Å²) in [5, 5.41) is 20.1. The molecule has 0 saturated heterocycles. The van der Waals surface area contributed by atoms with E-state index in [9.17, 15) is 23.4 Å². The molecule has 2 rings (SSSR count). The second-order valence-corrected chi connectivity index (χ2v) is 7.57. The molecular formula is C18H24O8S. The average Bonchev–Trinajstić information content (AvgIpc) is 2.51. The number of fused-ring (bicyclic) bond motifs is 1. The van der Waals surface area contributed by atoms with E-state index in [-0.39, 0.29) is 16.9 Å². The molecule has 27 heavy (non-hydrogen) atoms. The average molecular weight is 400 g/mol. The van der Waals surface area contributed by atoms with Crippen molar-refractivity contribution >= 4 is 22.4 Å². The number of phenols is 1. The minimum absolute atomic E-state index is 0.113. The van der Waals surface area contributed by atoms with Crippen LogP contribution in [0, 0.1) is 0 Å². The number of allylic oxidation sites excluding steroid dienone is 1. The van der Waals surface area contributed by atoms with E-state index in [1.807, 2.05) is 0 Å². The Hall–Kier alpha value is -2.10. The van der Waals surface area contributed by atoms with E-state index >= 15 is 0 Å². The number of hydrogen-bond donors (Lipinski definition) is 3. The fourth-order valence-corrected chi connectivity index (χ4v) is 3.25. The lowest BCUT2D eigenvalue weighted by molar-refractivity contribution is 0.0307. The fraction of sp³-hybridized carbons (Fsp3) is 0.500. The summed E-state index contributed by atoms with van der Waals surface area (Å²) in [6.07, 6.45) is 6.34. The third-order valence-electron chi connectivity index (χ3n) is 4.19. The highest BCUT2D eigenvalue weighted by Gasteiger charge is 2.22. The van der Waals surface area contributed by atoms with Gasteiger partial charge in [0.1, 0.15) is 17.1 Å². The van der Waals surface area contributed by atoms with Crippen LogP contribution in [-0.4, -0.2) is 41.4 Å². The molecule has 0 aliphatic carbocycles. The molecule has 1 heterocycles.